The van der Waals surface area contributed by atoms with Gasteiger partial charge in [-0.15, -0.1) is 0 Å². The Bertz CT molecular complexity index is 1530. The Morgan fingerprint density at radius 1 is 1.02 bits per heavy atom. The number of esters is 2. The first-order valence-electron chi connectivity index (χ1n) is 12.7. The highest BCUT2D eigenvalue weighted by molar-refractivity contribution is 6.10. The van der Waals surface area contributed by atoms with Gasteiger partial charge in [0.25, 0.3) is 0 Å². The van der Waals surface area contributed by atoms with Crippen molar-refractivity contribution in [1.82, 2.24) is 0 Å². The summed E-state index contributed by atoms with van der Waals surface area (Å²) in [5, 5.41) is 0.441. The van der Waals surface area contributed by atoms with Gasteiger partial charge in [-0.2, -0.15) is 0 Å². The van der Waals surface area contributed by atoms with E-state index in [4.69, 9.17) is 28.1 Å². The summed E-state index contributed by atoms with van der Waals surface area (Å²) < 4.78 is 31.5. The molecule has 1 heterocycles. The quantitative estimate of drug-likeness (QED) is 0.0811. The lowest BCUT2D eigenvalue weighted by molar-refractivity contribution is -0.158. The van der Waals surface area contributed by atoms with Crippen LogP contribution in [0.5, 0.6) is 11.5 Å². The van der Waals surface area contributed by atoms with Gasteiger partial charge in [0.05, 0.1) is 32.8 Å². The third kappa shape index (κ3) is 8.48. The lowest BCUT2D eigenvalue weighted by Crippen LogP contribution is -2.29. The summed E-state index contributed by atoms with van der Waals surface area (Å²) in [4.78, 5) is 60.2. The van der Waals surface area contributed by atoms with Crippen molar-refractivity contribution in [3.63, 3.8) is 0 Å². The molecular weight excluding hydrogens is 548 g/mol. The molecule has 2 aromatic carbocycles. The standard InChI is InChI=1S/C31H30O11/c1-5-28(33)41-23(17-39-16-19(2)15-32)18-40-29(34)11-8-20-6-9-21(10-7-20)30(35)25-14-24-26(38-4)12-22(37-3)13-27(24)42-31(25)36/h5-7,9-10,12-15,23H,1-2,8,11,16-18H2,3-4H3. The van der Waals surface area contributed by atoms with Gasteiger partial charge in [0.15, 0.2) is 11.9 Å². The smallest absolute Gasteiger partial charge is 0.347 e. The number of rotatable bonds is 16. The van der Waals surface area contributed by atoms with Crippen LogP contribution in [0, 0.1) is 0 Å². The fourth-order valence-electron chi connectivity index (χ4n) is 3.77. The minimum Gasteiger partial charge on any atom is -0.496 e. The van der Waals surface area contributed by atoms with Crippen molar-refractivity contribution in [3.05, 3.63) is 94.4 Å². The summed E-state index contributed by atoms with van der Waals surface area (Å²) in [7, 11) is 2.92. The maximum Gasteiger partial charge on any atom is 0.347 e. The number of ketones is 1. The van der Waals surface area contributed by atoms with Gasteiger partial charge in [0.1, 0.15) is 35.5 Å². The highest BCUT2D eigenvalue weighted by atomic mass is 16.6. The fraction of sp³-hybridized carbons (Fsp3) is 0.258. The van der Waals surface area contributed by atoms with Crippen molar-refractivity contribution >= 4 is 35.0 Å². The zero-order valence-corrected chi connectivity index (χ0v) is 23.2. The van der Waals surface area contributed by atoms with E-state index in [1.54, 1.807) is 30.3 Å². The highest BCUT2D eigenvalue weighted by Gasteiger charge is 2.19. The van der Waals surface area contributed by atoms with Gasteiger partial charge in [0, 0.05) is 35.8 Å². The van der Waals surface area contributed by atoms with Crippen molar-refractivity contribution in [2.45, 2.75) is 18.9 Å². The van der Waals surface area contributed by atoms with Gasteiger partial charge in [0.2, 0.25) is 0 Å². The molecular formula is C31H30O11. The average Bonchev–Trinajstić information content (AvgIpc) is 3.01. The third-order valence-corrected chi connectivity index (χ3v) is 5.96. The molecule has 42 heavy (non-hydrogen) atoms. The number of aryl methyl sites for hydroxylation is 1. The Balaban J connectivity index is 1.60. The molecule has 0 aliphatic carbocycles. The molecule has 1 atom stereocenters. The predicted octanol–water partition coefficient (Wildman–Crippen LogP) is 3.39. The van der Waals surface area contributed by atoms with Crippen molar-refractivity contribution in [3.8, 4) is 11.5 Å². The van der Waals surface area contributed by atoms with Crippen LogP contribution in [0.1, 0.15) is 27.9 Å². The van der Waals surface area contributed by atoms with E-state index in [0.29, 0.717) is 29.6 Å². The molecule has 0 radical (unpaired) electrons. The Labute approximate surface area is 241 Å². The summed E-state index contributed by atoms with van der Waals surface area (Å²) in [5.74, 6) is -0.987. The topological polar surface area (TPSA) is 145 Å². The minimum absolute atomic E-state index is 0.00967. The van der Waals surface area contributed by atoms with E-state index in [0.717, 1.165) is 11.6 Å². The number of aldehydes is 1. The predicted molar refractivity (Wildman–Crippen MR) is 151 cm³/mol. The summed E-state index contributed by atoms with van der Waals surface area (Å²) >= 11 is 0. The number of carbonyl (C=O) groups is 4. The number of fused-ring (bicyclic) bond motifs is 1. The van der Waals surface area contributed by atoms with Crippen molar-refractivity contribution < 1.29 is 47.3 Å². The molecule has 3 aromatic rings. The summed E-state index contributed by atoms with van der Waals surface area (Å²) in [6.45, 7) is 6.37. The molecule has 0 aliphatic rings. The zero-order chi connectivity index (χ0) is 30.6. The molecule has 11 nitrogen and oxygen atoms in total. The Morgan fingerprint density at radius 2 is 1.76 bits per heavy atom. The van der Waals surface area contributed by atoms with Crippen LogP contribution in [0.2, 0.25) is 0 Å². The van der Waals surface area contributed by atoms with E-state index in [1.165, 1.54) is 26.4 Å². The summed E-state index contributed by atoms with van der Waals surface area (Å²) in [5.41, 5.74) is 0.462. The first-order valence-corrected chi connectivity index (χ1v) is 12.7. The number of ether oxygens (including phenoxy) is 5. The fourth-order valence-corrected chi connectivity index (χ4v) is 3.77. The summed E-state index contributed by atoms with van der Waals surface area (Å²) in [6.07, 6.45) is 0.920. The van der Waals surface area contributed by atoms with Crippen LogP contribution in [-0.2, 0) is 35.0 Å². The van der Waals surface area contributed by atoms with Gasteiger partial charge in [-0.05, 0) is 18.1 Å². The molecule has 11 heteroatoms. The molecule has 1 aromatic heterocycles. The molecule has 1 unspecified atom stereocenters. The van der Waals surface area contributed by atoms with Gasteiger partial charge in [-0.1, -0.05) is 37.4 Å². The normalized spacial score (nSPS) is 11.3. The lowest BCUT2D eigenvalue weighted by atomic mass is 10.0. The molecule has 0 amide bonds. The highest BCUT2D eigenvalue weighted by Crippen LogP contribution is 2.31. The molecule has 220 valence electrons. The van der Waals surface area contributed by atoms with E-state index < -0.39 is 29.5 Å². The Hall–Kier alpha value is -5.03. The van der Waals surface area contributed by atoms with Crippen LogP contribution < -0.4 is 15.1 Å². The van der Waals surface area contributed by atoms with E-state index in [1.807, 2.05) is 0 Å². The number of hydrogen-bond donors (Lipinski definition) is 0. The maximum absolute atomic E-state index is 13.1. The molecule has 0 spiro atoms. The average molecular weight is 579 g/mol. The van der Waals surface area contributed by atoms with E-state index >= 15 is 0 Å². The Kier molecular flexibility index (Phi) is 11.3. The zero-order valence-electron chi connectivity index (χ0n) is 23.2. The van der Waals surface area contributed by atoms with Crippen LogP contribution >= 0.6 is 0 Å². The monoisotopic (exact) mass is 578 g/mol. The second-order valence-electron chi connectivity index (χ2n) is 8.95. The lowest BCUT2D eigenvalue weighted by Gasteiger charge is -2.17. The van der Waals surface area contributed by atoms with Crippen LogP contribution in [0.4, 0.5) is 0 Å². The van der Waals surface area contributed by atoms with Crippen LogP contribution in [0.25, 0.3) is 11.0 Å². The van der Waals surface area contributed by atoms with Crippen LogP contribution in [0.3, 0.4) is 0 Å². The largest absolute Gasteiger partial charge is 0.496 e. The molecule has 0 N–H and O–H groups in total. The number of hydrogen-bond acceptors (Lipinski definition) is 11. The molecule has 0 bridgehead atoms. The molecule has 0 fully saturated rings. The second-order valence-corrected chi connectivity index (χ2v) is 8.95. The number of benzene rings is 2. The van der Waals surface area contributed by atoms with Gasteiger partial charge in [-0.25, -0.2) is 9.59 Å². The summed E-state index contributed by atoms with van der Waals surface area (Å²) in [6, 6.07) is 11.0. The van der Waals surface area contributed by atoms with E-state index in [-0.39, 0.29) is 48.5 Å². The maximum atomic E-state index is 13.1. The molecule has 0 aliphatic heterocycles. The number of carbonyl (C=O) groups excluding carboxylic acids is 4. The van der Waals surface area contributed by atoms with Gasteiger partial charge >= 0.3 is 17.6 Å². The van der Waals surface area contributed by atoms with Crippen molar-refractivity contribution in [2.75, 3.05) is 34.0 Å². The molecule has 3 rings (SSSR count). The second kappa shape index (κ2) is 15.1. The third-order valence-electron chi connectivity index (χ3n) is 5.96. The Morgan fingerprint density at radius 3 is 2.40 bits per heavy atom. The van der Waals surface area contributed by atoms with Crippen LogP contribution in [0.15, 0.2) is 76.5 Å². The van der Waals surface area contributed by atoms with Gasteiger partial charge < -0.3 is 28.1 Å². The first-order chi connectivity index (χ1) is 20.2. The van der Waals surface area contributed by atoms with Gasteiger partial charge in [-0.3, -0.25) is 14.4 Å². The SMILES string of the molecule is C=CC(=O)OC(COCC(=C)C=O)COC(=O)CCc1ccc(C(=O)c2cc3c(OC)cc(OC)cc3oc2=O)cc1. The van der Waals surface area contributed by atoms with Crippen molar-refractivity contribution in [2.24, 2.45) is 0 Å². The van der Waals surface area contributed by atoms with Crippen LogP contribution in [-0.4, -0.2) is 64.2 Å². The minimum atomic E-state index is -0.904. The number of methoxy groups -OCH3 is 2. The molecule has 0 saturated carbocycles. The molecule has 0 saturated heterocycles. The first kappa shape index (κ1) is 31.5. The van der Waals surface area contributed by atoms with E-state index in [2.05, 4.69) is 13.2 Å². The van der Waals surface area contributed by atoms with Crippen molar-refractivity contribution in [1.29, 1.82) is 0 Å². The van der Waals surface area contributed by atoms with E-state index in [9.17, 15) is 24.0 Å².